The van der Waals surface area contributed by atoms with Gasteiger partial charge in [0.2, 0.25) is 0 Å². The van der Waals surface area contributed by atoms with Crippen LogP contribution in [0.5, 0.6) is 0 Å². The molecule has 0 spiro atoms. The van der Waals surface area contributed by atoms with Gasteiger partial charge in [-0.3, -0.25) is 9.59 Å². The van der Waals surface area contributed by atoms with Gasteiger partial charge < -0.3 is 18.9 Å². The van der Waals surface area contributed by atoms with Crippen molar-refractivity contribution in [3.05, 3.63) is 70.3 Å². The van der Waals surface area contributed by atoms with Crippen LogP contribution in [0, 0.1) is 0 Å². The van der Waals surface area contributed by atoms with Crippen molar-refractivity contribution < 1.29 is 28.5 Å². The summed E-state index contributed by atoms with van der Waals surface area (Å²) in [6.45, 7) is 0. The molecule has 0 aliphatic carbocycles. The molecular weight excluding hydrogens is 350 g/mol. The average molecular weight is 358 g/mol. The van der Waals surface area contributed by atoms with Gasteiger partial charge >= 0.3 is 0 Å². The minimum atomic E-state index is -4.71. The number of fused-ring (bicyclic) bond motifs is 2. The minimum Gasteiger partial charge on any atom is -0.793 e. The van der Waals surface area contributed by atoms with Gasteiger partial charge in [0, 0.05) is 21.7 Å². The predicted molar refractivity (Wildman–Crippen MR) is 83.1 cm³/mol. The highest BCUT2D eigenvalue weighted by molar-refractivity contribution is 7.76. The Hall–Kier alpha value is -2.10. The highest BCUT2D eigenvalue weighted by Gasteiger charge is 2.46. The van der Waals surface area contributed by atoms with Gasteiger partial charge in [0.25, 0.3) is 0 Å². The molecule has 0 saturated heterocycles. The molecule has 120 valence electrons. The number of rotatable bonds is 0. The number of hydrogen-bond donors (Lipinski definition) is 0. The summed E-state index contributed by atoms with van der Waals surface area (Å²) >= 11 is 0. The van der Waals surface area contributed by atoms with Gasteiger partial charge in [-0.15, -0.1) is 0 Å². The van der Waals surface area contributed by atoms with Crippen LogP contribution in [0.2, 0.25) is 0 Å². The molecule has 2 unspecified atom stereocenters. The topological polar surface area (TPSA) is 114 Å². The van der Waals surface area contributed by atoms with Gasteiger partial charge in [0.15, 0.2) is 11.6 Å². The van der Waals surface area contributed by atoms with Crippen molar-refractivity contribution >= 4 is 36.9 Å². The highest BCUT2D eigenvalue weighted by Crippen LogP contribution is 2.62. The first-order chi connectivity index (χ1) is 11.3. The first-order valence-electron chi connectivity index (χ1n) is 6.94. The number of benzene rings is 2. The van der Waals surface area contributed by atoms with E-state index in [0.717, 1.165) is 0 Å². The second kappa shape index (κ2) is 4.71. The van der Waals surface area contributed by atoms with Crippen LogP contribution in [0.25, 0.3) is 0 Å². The molecule has 0 fully saturated rings. The Bertz CT molecular complexity index is 996. The summed E-state index contributed by atoms with van der Waals surface area (Å²) < 4.78 is 25.4. The Kier molecular flexibility index (Phi) is 3.03. The zero-order valence-electron chi connectivity index (χ0n) is 12.0. The Morgan fingerprint density at radius 1 is 0.625 bits per heavy atom. The van der Waals surface area contributed by atoms with E-state index in [4.69, 9.17) is 0 Å². The van der Waals surface area contributed by atoms with E-state index >= 15 is 0 Å². The van der Waals surface area contributed by atoms with E-state index in [2.05, 4.69) is 0 Å². The lowest BCUT2D eigenvalue weighted by Crippen LogP contribution is -2.17. The standard InChI is InChI=1S/C16H10O6P2/c17-13-9-5-1-3-7-11(9)23(19,20)15(13)16-14(18)10-6-2-4-8-12(10)24(16,21)22/h1-8H,(H,19,20)(H,21,22)/p-2/b16-15+. The summed E-state index contributed by atoms with van der Waals surface area (Å²) in [5.41, 5.74) is -0.218. The van der Waals surface area contributed by atoms with Crippen molar-refractivity contribution in [2.24, 2.45) is 0 Å². The van der Waals surface area contributed by atoms with Crippen LogP contribution in [-0.4, -0.2) is 11.6 Å². The van der Waals surface area contributed by atoms with Crippen molar-refractivity contribution in [1.82, 2.24) is 0 Å². The molecule has 0 radical (unpaired) electrons. The number of Topliss-reactive ketones (excluding diaryl/α,β-unsaturated/α-hetero) is 2. The lowest BCUT2D eigenvalue weighted by Gasteiger charge is -2.25. The zero-order valence-corrected chi connectivity index (χ0v) is 13.8. The molecule has 2 aromatic rings. The first kappa shape index (κ1) is 15.4. The van der Waals surface area contributed by atoms with Crippen LogP contribution >= 0.6 is 14.7 Å². The van der Waals surface area contributed by atoms with Gasteiger partial charge in [-0.05, 0) is 0 Å². The Balaban J connectivity index is 2.10. The Labute approximate surface area is 136 Å². The molecule has 2 aliphatic heterocycles. The lowest BCUT2D eigenvalue weighted by molar-refractivity contribution is -0.171. The maximum atomic E-state index is 12.7. The van der Waals surface area contributed by atoms with Crippen molar-refractivity contribution in [2.45, 2.75) is 0 Å². The van der Waals surface area contributed by atoms with E-state index in [9.17, 15) is 28.5 Å². The van der Waals surface area contributed by atoms with Gasteiger partial charge in [0.1, 0.15) is 0 Å². The van der Waals surface area contributed by atoms with Crippen LogP contribution in [-0.2, 0) is 9.13 Å². The lowest BCUT2D eigenvalue weighted by atomic mass is 10.1. The van der Waals surface area contributed by atoms with Crippen LogP contribution < -0.4 is 20.4 Å². The van der Waals surface area contributed by atoms with Gasteiger partial charge in [-0.2, -0.15) is 0 Å². The van der Waals surface area contributed by atoms with E-state index in [1.807, 2.05) is 0 Å². The predicted octanol–water partition coefficient (Wildman–Crippen LogP) is 0.518. The summed E-state index contributed by atoms with van der Waals surface area (Å²) in [4.78, 5) is 50.5. The van der Waals surface area contributed by atoms with E-state index in [1.165, 1.54) is 48.5 Å². The average Bonchev–Trinajstić information content (AvgIpc) is 2.88. The molecule has 2 aromatic carbocycles. The van der Waals surface area contributed by atoms with E-state index in [1.54, 1.807) is 0 Å². The molecule has 6 nitrogen and oxygen atoms in total. The summed E-state index contributed by atoms with van der Waals surface area (Å²) in [5, 5.41) is -2.33. The molecule has 24 heavy (non-hydrogen) atoms. The molecule has 0 saturated carbocycles. The number of carbonyl (C=O) groups excluding carboxylic acids is 2. The second-order valence-electron chi connectivity index (χ2n) is 5.49. The van der Waals surface area contributed by atoms with Crippen LogP contribution in [0.3, 0.4) is 0 Å². The number of ketones is 2. The summed E-state index contributed by atoms with van der Waals surface area (Å²) in [5.74, 6) is -1.90. The number of hydrogen-bond acceptors (Lipinski definition) is 6. The molecule has 2 atom stereocenters. The highest BCUT2D eigenvalue weighted by atomic mass is 31.2. The molecule has 4 rings (SSSR count). The SMILES string of the molecule is O=C1/C(=C2/C(=O)c3ccccc3P2(=O)[O-])P(=O)([O-])c2ccccc21. The third-order valence-corrected chi connectivity index (χ3v) is 8.43. The third-order valence-electron chi connectivity index (χ3n) is 4.17. The number of carbonyl (C=O) groups is 2. The van der Waals surface area contributed by atoms with Gasteiger partial charge in [-0.25, -0.2) is 0 Å². The smallest absolute Gasteiger partial charge is 0.197 e. The fourth-order valence-electron chi connectivity index (χ4n) is 3.10. The van der Waals surface area contributed by atoms with Crippen molar-refractivity contribution in [2.75, 3.05) is 0 Å². The van der Waals surface area contributed by atoms with Crippen LogP contribution in [0.4, 0.5) is 0 Å². The molecule has 0 aromatic heterocycles. The van der Waals surface area contributed by atoms with E-state index in [-0.39, 0.29) is 21.7 Å². The fraction of sp³-hybridized carbons (Fsp3) is 0. The van der Waals surface area contributed by atoms with Crippen molar-refractivity contribution in [3.63, 3.8) is 0 Å². The van der Waals surface area contributed by atoms with Crippen LogP contribution in [0.15, 0.2) is 59.2 Å². The van der Waals surface area contributed by atoms with Gasteiger partial charge in [-0.1, -0.05) is 48.5 Å². The monoisotopic (exact) mass is 358 g/mol. The van der Waals surface area contributed by atoms with Gasteiger partial charge in [0.05, 0.1) is 25.4 Å². The second-order valence-corrected chi connectivity index (χ2v) is 9.56. The summed E-state index contributed by atoms with van der Waals surface area (Å²) in [7, 11) is -9.41. The number of allylic oxidation sites excluding steroid dienone is 2. The molecule has 2 aliphatic rings. The quantitative estimate of drug-likeness (QED) is 0.501. The molecule has 0 amide bonds. The minimum absolute atomic E-state index is 0.109. The molecule has 0 N–H and O–H groups in total. The third kappa shape index (κ3) is 1.74. The molecular formula is C16H8O6P2-2. The largest absolute Gasteiger partial charge is 0.793 e. The molecule has 8 heteroatoms. The Morgan fingerprint density at radius 3 is 1.29 bits per heavy atom. The Morgan fingerprint density at radius 2 is 0.958 bits per heavy atom. The summed E-state index contributed by atoms with van der Waals surface area (Å²) in [6, 6.07) is 10.9. The molecule has 2 heterocycles. The maximum absolute atomic E-state index is 12.7. The fourth-order valence-corrected chi connectivity index (χ4v) is 7.46. The van der Waals surface area contributed by atoms with Crippen LogP contribution in [0.1, 0.15) is 20.7 Å². The zero-order chi connectivity index (χ0) is 17.3. The first-order valence-corrected chi connectivity index (χ1v) is 10.2. The van der Waals surface area contributed by atoms with E-state index < -0.39 is 36.9 Å². The normalized spacial score (nSPS) is 31.2. The summed E-state index contributed by atoms with van der Waals surface area (Å²) in [6.07, 6.45) is 0. The van der Waals surface area contributed by atoms with Crippen molar-refractivity contribution in [3.8, 4) is 0 Å². The van der Waals surface area contributed by atoms with E-state index in [0.29, 0.717) is 0 Å². The van der Waals surface area contributed by atoms with Crippen molar-refractivity contribution in [1.29, 1.82) is 0 Å². The molecule has 0 bridgehead atoms. The maximum Gasteiger partial charge on any atom is 0.197 e.